The highest BCUT2D eigenvalue weighted by atomic mass is 16.4. The Morgan fingerprint density at radius 2 is 1.96 bits per heavy atom. The molecule has 0 amide bonds. The van der Waals surface area contributed by atoms with Crippen molar-refractivity contribution in [1.82, 2.24) is 0 Å². The summed E-state index contributed by atoms with van der Waals surface area (Å²) in [5, 5.41) is 19.6. The van der Waals surface area contributed by atoms with E-state index in [-0.39, 0.29) is 18.0 Å². The van der Waals surface area contributed by atoms with E-state index >= 15 is 0 Å². The van der Waals surface area contributed by atoms with Crippen molar-refractivity contribution in [2.24, 2.45) is 5.41 Å². The summed E-state index contributed by atoms with van der Waals surface area (Å²) < 4.78 is 0. The molecule has 0 radical (unpaired) electrons. The molecule has 5 heteroatoms. The van der Waals surface area contributed by atoms with Gasteiger partial charge in [-0.1, -0.05) is 23.8 Å². The molecule has 1 aliphatic carbocycles. The molecule has 0 heterocycles. The molecule has 0 spiro atoms. The van der Waals surface area contributed by atoms with Crippen molar-refractivity contribution in [2.45, 2.75) is 53.1 Å². The molecular weight excluding hydrogens is 296 g/mol. The number of hydrogen-bond donors (Lipinski definition) is 2. The molecule has 0 aromatic rings. The number of aliphatic hydroxyl groups excluding tert-OH is 1. The Balaban J connectivity index is 3.12. The zero-order chi connectivity index (χ0) is 17.8. The van der Waals surface area contributed by atoms with E-state index in [9.17, 15) is 24.6 Å². The van der Waals surface area contributed by atoms with Gasteiger partial charge in [-0.3, -0.25) is 9.59 Å². The molecule has 126 valence electrons. The van der Waals surface area contributed by atoms with E-state index in [2.05, 4.69) is 0 Å². The number of carbonyl (C=O) groups is 3. The summed E-state index contributed by atoms with van der Waals surface area (Å²) in [6.45, 7) is 6.39. The number of carboxylic acids is 1. The van der Waals surface area contributed by atoms with Gasteiger partial charge in [0.15, 0.2) is 5.78 Å². The lowest BCUT2D eigenvalue weighted by molar-refractivity contribution is -0.152. The molecule has 0 aromatic carbocycles. The molecule has 0 saturated carbocycles. The van der Waals surface area contributed by atoms with Crippen LogP contribution in [0.2, 0.25) is 0 Å². The molecule has 0 unspecified atom stereocenters. The van der Waals surface area contributed by atoms with Gasteiger partial charge in [-0.15, -0.1) is 0 Å². The smallest absolute Gasteiger partial charge is 0.316 e. The zero-order valence-corrected chi connectivity index (χ0v) is 14.0. The van der Waals surface area contributed by atoms with Gasteiger partial charge < -0.3 is 15.0 Å². The van der Waals surface area contributed by atoms with Crippen LogP contribution < -0.4 is 0 Å². The second-order valence-corrected chi connectivity index (χ2v) is 6.21. The fourth-order valence-electron chi connectivity index (χ4n) is 2.59. The predicted molar refractivity (Wildman–Crippen MR) is 86.9 cm³/mol. The van der Waals surface area contributed by atoms with Crippen molar-refractivity contribution in [3.05, 3.63) is 34.9 Å². The fourth-order valence-corrected chi connectivity index (χ4v) is 2.59. The number of aliphatic carboxylic acids is 1. The van der Waals surface area contributed by atoms with E-state index in [0.29, 0.717) is 24.0 Å². The molecule has 1 rings (SSSR count). The quantitative estimate of drug-likeness (QED) is 0.734. The number of allylic oxidation sites excluding steroid dienone is 5. The van der Waals surface area contributed by atoms with E-state index < -0.39 is 17.5 Å². The van der Waals surface area contributed by atoms with Gasteiger partial charge in [0.1, 0.15) is 11.2 Å². The molecule has 23 heavy (non-hydrogen) atoms. The summed E-state index contributed by atoms with van der Waals surface area (Å²) in [4.78, 5) is 34.5. The van der Waals surface area contributed by atoms with Crippen LogP contribution in [-0.4, -0.2) is 33.9 Å². The van der Waals surface area contributed by atoms with Crippen molar-refractivity contribution in [2.75, 3.05) is 0 Å². The number of hydrogen-bond acceptors (Lipinski definition) is 4. The lowest BCUT2D eigenvalue weighted by Gasteiger charge is -2.36. The van der Waals surface area contributed by atoms with Crippen molar-refractivity contribution in [3.8, 4) is 0 Å². The maximum Gasteiger partial charge on any atom is 0.316 e. The highest BCUT2D eigenvalue weighted by molar-refractivity contribution is 6.00. The van der Waals surface area contributed by atoms with Crippen molar-refractivity contribution >= 4 is 17.5 Å². The molecule has 5 nitrogen and oxygen atoms in total. The van der Waals surface area contributed by atoms with E-state index in [1.54, 1.807) is 19.1 Å². The average Bonchev–Trinajstić information content (AvgIpc) is 2.44. The van der Waals surface area contributed by atoms with Gasteiger partial charge in [0.05, 0.1) is 6.10 Å². The van der Waals surface area contributed by atoms with Crippen molar-refractivity contribution in [1.29, 1.82) is 0 Å². The third-order valence-electron chi connectivity index (χ3n) is 4.35. The first-order valence-corrected chi connectivity index (χ1v) is 7.61. The summed E-state index contributed by atoms with van der Waals surface area (Å²) in [6, 6.07) is 0. The van der Waals surface area contributed by atoms with Gasteiger partial charge in [-0.2, -0.15) is 0 Å². The minimum Gasteiger partial charge on any atom is -0.481 e. The number of aliphatic hydroxyl groups is 1. The molecule has 0 fully saturated rings. The molecular formula is C18H24O5. The predicted octanol–water partition coefficient (Wildman–Crippen LogP) is 2.60. The maximum atomic E-state index is 11.9. The number of Topliss-reactive ketones (excluding diaryl/α,β-unsaturated/α-hetero) is 2. The highest BCUT2D eigenvalue weighted by Crippen LogP contribution is 2.40. The third-order valence-corrected chi connectivity index (χ3v) is 4.35. The Morgan fingerprint density at radius 3 is 2.48 bits per heavy atom. The van der Waals surface area contributed by atoms with Gasteiger partial charge in [0.25, 0.3) is 0 Å². The molecule has 2 N–H and O–H groups in total. The summed E-state index contributed by atoms with van der Waals surface area (Å²) in [6.07, 6.45) is 4.82. The van der Waals surface area contributed by atoms with Crippen molar-refractivity contribution < 1.29 is 24.6 Å². The average molecular weight is 320 g/mol. The van der Waals surface area contributed by atoms with E-state index in [0.717, 1.165) is 5.57 Å². The second kappa shape index (κ2) is 7.51. The fraction of sp³-hybridized carbons (Fsp3) is 0.500. The lowest BCUT2D eigenvalue weighted by atomic mass is 9.68. The monoisotopic (exact) mass is 320 g/mol. The van der Waals surface area contributed by atoms with Crippen LogP contribution in [0.5, 0.6) is 0 Å². The standard InChI is InChI=1S/C18H24O5/c1-11(6-5-7-12(2)19)8-9-14-13(3)15(20)10-16(21)18(14,4)17(22)23/h6,8-9,16,21H,5,7,10H2,1-4H3,(H,22,23)/b9-8+,11-6-/t16-,18+/m0/s1. The number of carboxylic acid groups (broad SMARTS) is 1. The van der Waals surface area contributed by atoms with Crippen LogP contribution in [0.3, 0.4) is 0 Å². The molecule has 0 bridgehead atoms. The molecule has 2 atom stereocenters. The van der Waals surface area contributed by atoms with Crippen LogP contribution in [0, 0.1) is 5.41 Å². The molecule has 0 aliphatic heterocycles. The molecule has 0 aromatic heterocycles. The van der Waals surface area contributed by atoms with Crippen LogP contribution in [0.4, 0.5) is 0 Å². The first-order chi connectivity index (χ1) is 10.6. The minimum absolute atomic E-state index is 0.107. The zero-order valence-electron chi connectivity index (χ0n) is 14.0. The van der Waals surface area contributed by atoms with Crippen LogP contribution in [0.15, 0.2) is 34.9 Å². The van der Waals surface area contributed by atoms with Gasteiger partial charge in [0.2, 0.25) is 0 Å². The van der Waals surface area contributed by atoms with Gasteiger partial charge in [0, 0.05) is 12.8 Å². The van der Waals surface area contributed by atoms with Gasteiger partial charge in [-0.05, 0) is 45.3 Å². The largest absolute Gasteiger partial charge is 0.481 e. The number of carbonyl (C=O) groups excluding carboxylic acids is 2. The van der Waals surface area contributed by atoms with Crippen LogP contribution in [-0.2, 0) is 14.4 Å². The number of ketones is 2. The SMILES string of the molecule is CC(=O)CC/C=C(C)\C=C\C1=C(C)C(=O)C[C@H](O)[C@]1(C)C(=O)O. The van der Waals surface area contributed by atoms with E-state index in [1.165, 1.54) is 13.8 Å². The van der Waals surface area contributed by atoms with Crippen LogP contribution in [0.1, 0.15) is 47.0 Å². The Labute approximate surface area is 136 Å². The Bertz CT molecular complexity index is 609. The Hall–Kier alpha value is -2.01. The summed E-state index contributed by atoms with van der Waals surface area (Å²) >= 11 is 0. The highest BCUT2D eigenvalue weighted by Gasteiger charge is 2.48. The van der Waals surface area contributed by atoms with Crippen LogP contribution in [0.25, 0.3) is 0 Å². The van der Waals surface area contributed by atoms with Crippen molar-refractivity contribution in [3.63, 3.8) is 0 Å². The van der Waals surface area contributed by atoms with E-state index in [1.807, 2.05) is 13.0 Å². The maximum absolute atomic E-state index is 11.9. The number of rotatable bonds is 6. The molecule has 1 aliphatic rings. The Morgan fingerprint density at radius 1 is 1.35 bits per heavy atom. The van der Waals surface area contributed by atoms with E-state index in [4.69, 9.17) is 0 Å². The Kier molecular flexibility index (Phi) is 6.21. The molecule has 0 saturated heterocycles. The first-order valence-electron chi connectivity index (χ1n) is 7.61. The van der Waals surface area contributed by atoms with Crippen LogP contribution >= 0.6 is 0 Å². The lowest BCUT2D eigenvalue weighted by Crippen LogP contribution is -2.46. The second-order valence-electron chi connectivity index (χ2n) is 6.21. The summed E-state index contributed by atoms with van der Waals surface area (Å²) in [5.41, 5.74) is 0.0570. The summed E-state index contributed by atoms with van der Waals surface area (Å²) in [7, 11) is 0. The first kappa shape index (κ1) is 19.0. The third kappa shape index (κ3) is 4.26. The normalized spacial score (nSPS) is 26.0. The summed E-state index contributed by atoms with van der Waals surface area (Å²) in [5.74, 6) is -1.29. The van der Waals surface area contributed by atoms with Gasteiger partial charge >= 0.3 is 5.97 Å². The topological polar surface area (TPSA) is 91.7 Å². The van der Waals surface area contributed by atoms with Gasteiger partial charge in [-0.25, -0.2) is 0 Å². The minimum atomic E-state index is -1.51.